The number of unbranched alkanes of at least 4 members (excludes halogenated alkanes) is 2. The van der Waals surface area contributed by atoms with Crippen molar-refractivity contribution in [2.45, 2.75) is 26.2 Å². The lowest BCUT2D eigenvalue weighted by Crippen LogP contribution is -1.65. The minimum Gasteiger partial charge on any atom is -0.0985 e. The van der Waals surface area contributed by atoms with Crippen LogP contribution in [0.3, 0.4) is 0 Å². The molecular weight excluding hydrogens is 188 g/mol. The van der Waals surface area contributed by atoms with Crippen LogP contribution in [0.5, 0.6) is 0 Å². The number of allylic oxidation sites excluding steroid dienone is 2. The van der Waals surface area contributed by atoms with Crippen molar-refractivity contribution in [3.63, 3.8) is 0 Å². The molecule has 0 rings (SSSR count). The van der Waals surface area contributed by atoms with E-state index in [4.69, 9.17) is 0 Å². The summed E-state index contributed by atoms with van der Waals surface area (Å²) in [5.74, 6) is 6.02. The molecule has 10 heavy (non-hydrogen) atoms. The molecule has 0 saturated heterocycles. The average molecular weight is 201 g/mol. The van der Waals surface area contributed by atoms with Crippen LogP contribution in [0.25, 0.3) is 0 Å². The molecule has 56 valence electrons. The number of alkyl halides is 1. The Morgan fingerprint density at radius 3 is 2.90 bits per heavy atom. The van der Waals surface area contributed by atoms with Gasteiger partial charge in [0.15, 0.2) is 0 Å². The molecule has 0 radical (unpaired) electrons. The number of rotatable bonds is 3. The first-order chi connectivity index (χ1) is 4.91. The molecule has 0 fully saturated rings. The van der Waals surface area contributed by atoms with E-state index in [0.29, 0.717) is 0 Å². The largest absolute Gasteiger partial charge is 0.0985 e. The van der Waals surface area contributed by atoms with Crippen LogP contribution >= 0.6 is 15.9 Å². The van der Waals surface area contributed by atoms with Crippen LogP contribution in [0, 0.1) is 11.8 Å². The van der Waals surface area contributed by atoms with E-state index in [1.807, 2.05) is 12.2 Å². The van der Waals surface area contributed by atoms with Crippen LogP contribution in [0.2, 0.25) is 0 Å². The zero-order valence-corrected chi connectivity index (χ0v) is 7.95. The average Bonchev–Trinajstić information content (AvgIpc) is 1.97. The lowest BCUT2D eigenvalue weighted by molar-refractivity contribution is 0.828. The van der Waals surface area contributed by atoms with Gasteiger partial charge in [-0.1, -0.05) is 47.2 Å². The normalized spacial score (nSPS) is 9.40. The smallest absolute Gasteiger partial charge is 0.0221 e. The molecule has 0 N–H and O–H groups in total. The van der Waals surface area contributed by atoms with Gasteiger partial charge in [0.05, 0.1) is 0 Å². The fourth-order valence-electron chi connectivity index (χ4n) is 0.500. The lowest BCUT2D eigenvalue weighted by Gasteiger charge is -1.81. The first-order valence-electron chi connectivity index (χ1n) is 3.61. The van der Waals surface area contributed by atoms with E-state index in [1.165, 1.54) is 12.8 Å². The second kappa shape index (κ2) is 8.78. The zero-order chi connectivity index (χ0) is 7.66. The summed E-state index contributed by atoms with van der Waals surface area (Å²) in [5.41, 5.74) is 0. The number of halogens is 1. The maximum absolute atomic E-state index is 3.28. The lowest BCUT2D eigenvalue weighted by atomic mass is 10.2. The third-order valence-corrected chi connectivity index (χ3v) is 1.42. The first kappa shape index (κ1) is 9.78. The van der Waals surface area contributed by atoms with E-state index in [0.717, 1.165) is 11.8 Å². The van der Waals surface area contributed by atoms with Crippen LogP contribution in [0.15, 0.2) is 12.2 Å². The molecule has 0 aliphatic heterocycles. The van der Waals surface area contributed by atoms with Gasteiger partial charge >= 0.3 is 0 Å². The molecule has 1 heteroatoms. The molecule has 0 nitrogen and oxygen atoms in total. The standard InChI is InChI=1S/C9H13Br/c1-2-3-4-5-6-7-8-9-10/h7-8H,2-4,9H2,1H3. The highest BCUT2D eigenvalue weighted by molar-refractivity contribution is 9.09. The highest BCUT2D eigenvalue weighted by Crippen LogP contribution is 1.90. The predicted octanol–water partition coefficient (Wildman–Crippen LogP) is 3.13. The minimum atomic E-state index is 0.898. The number of hydrogen-bond donors (Lipinski definition) is 0. The SMILES string of the molecule is CCCCC#CC=CCBr. The molecule has 0 unspecified atom stereocenters. The van der Waals surface area contributed by atoms with Crippen LogP contribution in [-0.2, 0) is 0 Å². The Labute approximate surface area is 71.8 Å². The quantitative estimate of drug-likeness (QED) is 0.374. The van der Waals surface area contributed by atoms with Gasteiger partial charge in [0, 0.05) is 11.8 Å². The van der Waals surface area contributed by atoms with Gasteiger partial charge in [-0.15, -0.1) is 0 Å². The molecule has 0 aromatic rings. The van der Waals surface area contributed by atoms with Crippen LogP contribution in [-0.4, -0.2) is 5.33 Å². The van der Waals surface area contributed by atoms with Crippen molar-refractivity contribution in [3.05, 3.63) is 12.2 Å². The monoisotopic (exact) mass is 200 g/mol. The molecule has 0 bridgehead atoms. The van der Waals surface area contributed by atoms with Crippen LogP contribution in [0.4, 0.5) is 0 Å². The van der Waals surface area contributed by atoms with E-state index in [2.05, 4.69) is 34.7 Å². The predicted molar refractivity (Wildman–Crippen MR) is 50.2 cm³/mol. The Balaban J connectivity index is 3.22. The van der Waals surface area contributed by atoms with Crippen molar-refractivity contribution in [1.82, 2.24) is 0 Å². The van der Waals surface area contributed by atoms with Gasteiger partial charge in [0.2, 0.25) is 0 Å². The Morgan fingerprint density at radius 1 is 1.50 bits per heavy atom. The summed E-state index contributed by atoms with van der Waals surface area (Å²) in [4.78, 5) is 0. The third-order valence-electron chi connectivity index (χ3n) is 1.05. The topological polar surface area (TPSA) is 0 Å². The van der Waals surface area contributed by atoms with Gasteiger partial charge in [-0.25, -0.2) is 0 Å². The van der Waals surface area contributed by atoms with E-state index in [9.17, 15) is 0 Å². The third kappa shape index (κ3) is 7.78. The number of hydrogen-bond acceptors (Lipinski definition) is 0. The summed E-state index contributed by atoms with van der Waals surface area (Å²) in [7, 11) is 0. The van der Waals surface area contributed by atoms with E-state index in [1.54, 1.807) is 0 Å². The molecule has 0 spiro atoms. The van der Waals surface area contributed by atoms with E-state index >= 15 is 0 Å². The molecule has 0 saturated carbocycles. The fraction of sp³-hybridized carbons (Fsp3) is 0.556. The molecule has 0 aromatic carbocycles. The molecule has 0 aromatic heterocycles. The van der Waals surface area contributed by atoms with Gasteiger partial charge < -0.3 is 0 Å². The fourth-order valence-corrected chi connectivity index (χ4v) is 0.687. The van der Waals surface area contributed by atoms with Gasteiger partial charge in [-0.2, -0.15) is 0 Å². The molecule has 0 heterocycles. The van der Waals surface area contributed by atoms with E-state index in [-0.39, 0.29) is 0 Å². The van der Waals surface area contributed by atoms with Gasteiger partial charge in [0.25, 0.3) is 0 Å². The summed E-state index contributed by atoms with van der Waals surface area (Å²) in [6, 6.07) is 0. The van der Waals surface area contributed by atoms with Gasteiger partial charge in [0.1, 0.15) is 0 Å². The van der Waals surface area contributed by atoms with Crippen LogP contribution in [0.1, 0.15) is 26.2 Å². The van der Waals surface area contributed by atoms with E-state index < -0.39 is 0 Å². The molecule has 0 amide bonds. The zero-order valence-electron chi connectivity index (χ0n) is 6.36. The Bertz CT molecular complexity index is 137. The summed E-state index contributed by atoms with van der Waals surface area (Å²) < 4.78 is 0. The maximum atomic E-state index is 3.28. The maximum Gasteiger partial charge on any atom is 0.0221 e. The first-order valence-corrected chi connectivity index (χ1v) is 4.73. The van der Waals surface area contributed by atoms with Crippen molar-refractivity contribution in [2.75, 3.05) is 5.33 Å². The Hall–Kier alpha value is -0.220. The molecular formula is C9H13Br. The van der Waals surface area contributed by atoms with Crippen molar-refractivity contribution in [1.29, 1.82) is 0 Å². The van der Waals surface area contributed by atoms with Crippen molar-refractivity contribution >= 4 is 15.9 Å². The molecule has 0 aliphatic rings. The Kier molecular flexibility index (Phi) is 8.59. The van der Waals surface area contributed by atoms with Crippen LogP contribution < -0.4 is 0 Å². The summed E-state index contributed by atoms with van der Waals surface area (Å²) in [5, 5.41) is 0.898. The second-order valence-corrected chi connectivity index (χ2v) is 2.63. The minimum absolute atomic E-state index is 0.898. The van der Waals surface area contributed by atoms with Gasteiger partial charge in [-0.3, -0.25) is 0 Å². The van der Waals surface area contributed by atoms with Gasteiger partial charge in [-0.05, 0) is 12.5 Å². The molecule has 0 atom stereocenters. The van der Waals surface area contributed by atoms with Crippen molar-refractivity contribution < 1.29 is 0 Å². The summed E-state index contributed by atoms with van der Waals surface area (Å²) in [6.07, 6.45) is 7.37. The van der Waals surface area contributed by atoms with Crippen molar-refractivity contribution in [3.8, 4) is 11.8 Å². The Morgan fingerprint density at radius 2 is 2.30 bits per heavy atom. The second-order valence-electron chi connectivity index (χ2n) is 1.98. The van der Waals surface area contributed by atoms with Crippen molar-refractivity contribution in [2.24, 2.45) is 0 Å². The summed E-state index contributed by atoms with van der Waals surface area (Å²) >= 11 is 3.28. The highest BCUT2D eigenvalue weighted by Gasteiger charge is 1.73. The summed E-state index contributed by atoms with van der Waals surface area (Å²) in [6.45, 7) is 2.18. The highest BCUT2D eigenvalue weighted by atomic mass is 79.9. The molecule has 0 aliphatic carbocycles.